The Morgan fingerprint density at radius 1 is 1.32 bits per heavy atom. The van der Waals surface area contributed by atoms with Gasteiger partial charge in [0.25, 0.3) is 5.91 Å². The first kappa shape index (κ1) is 13.9. The first-order valence-corrected chi connectivity index (χ1v) is 7.00. The topological polar surface area (TPSA) is 64.3 Å². The van der Waals surface area contributed by atoms with E-state index in [1.54, 1.807) is 12.1 Å². The van der Waals surface area contributed by atoms with Gasteiger partial charge in [0.15, 0.2) is 0 Å². The van der Waals surface area contributed by atoms with Crippen LogP contribution in [-0.4, -0.2) is 24.6 Å². The summed E-state index contributed by atoms with van der Waals surface area (Å²) in [5, 5.41) is 3.03. The maximum absolute atomic E-state index is 12.1. The zero-order chi connectivity index (χ0) is 13.7. The fourth-order valence-electron chi connectivity index (χ4n) is 2.46. The second kappa shape index (κ2) is 6.57. The molecule has 0 unspecified atom stereocenters. The van der Waals surface area contributed by atoms with Crippen molar-refractivity contribution in [1.29, 1.82) is 0 Å². The van der Waals surface area contributed by atoms with E-state index in [1.165, 1.54) is 0 Å². The monoisotopic (exact) mass is 262 g/mol. The van der Waals surface area contributed by atoms with Crippen molar-refractivity contribution in [2.75, 3.05) is 6.61 Å². The van der Waals surface area contributed by atoms with Crippen molar-refractivity contribution >= 4 is 5.91 Å². The molecule has 1 aromatic rings. The third-order valence-electron chi connectivity index (χ3n) is 3.56. The Balaban J connectivity index is 1.95. The van der Waals surface area contributed by atoms with Crippen molar-refractivity contribution in [3.8, 4) is 5.75 Å². The molecule has 4 heteroatoms. The van der Waals surface area contributed by atoms with E-state index in [4.69, 9.17) is 10.5 Å². The Hall–Kier alpha value is -1.55. The minimum atomic E-state index is -0.0506. The molecule has 1 fully saturated rings. The fourth-order valence-corrected chi connectivity index (χ4v) is 2.46. The van der Waals surface area contributed by atoms with Gasteiger partial charge in [-0.1, -0.05) is 12.8 Å². The lowest BCUT2D eigenvalue weighted by Gasteiger charge is -2.29. The number of hydrogen-bond acceptors (Lipinski definition) is 3. The second-order valence-corrected chi connectivity index (χ2v) is 4.99. The molecule has 1 saturated carbocycles. The standard InChI is InChI=1S/C15H22N2O2/c1-2-19-12-9-7-11(8-10-12)15(18)17-14-6-4-3-5-13(14)16/h7-10,13-14H,2-6,16H2,1H3,(H,17,18)/t13-,14+/m1/s1. The maximum atomic E-state index is 12.1. The molecule has 3 N–H and O–H groups in total. The van der Waals surface area contributed by atoms with Crippen molar-refractivity contribution in [1.82, 2.24) is 5.32 Å². The van der Waals surface area contributed by atoms with Crippen LogP contribution in [0.25, 0.3) is 0 Å². The van der Waals surface area contributed by atoms with E-state index in [2.05, 4.69) is 5.32 Å². The van der Waals surface area contributed by atoms with E-state index in [0.29, 0.717) is 12.2 Å². The molecule has 0 aromatic heterocycles. The number of rotatable bonds is 4. The molecule has 0 heterocycles. The predicted molar refractivity (Wildman–Crippen MR) is 75.3 cm³/mol. The molecule has 2 atom stereocenters. The molecular weight excluding hydrogens is 240 g/mol. The lowest BCUT2D eigenvalue weighted by atomic mass is 9.91. The van der Waals surface area contributed by atoms with Crippen LogP contribution in [0.1, 0.15) is 43.0 Å². The number of carbonyl (C=O) groups is 1. The van der Waals surface area contributed by atoms with Crippen molar-refractivity contribution in [2.45, 2.75) is 44.7 Å². The van der Waals surface area contributed by atoms with Gasteiger partial charge >= 0.3 is 0 Å². The molecule has 0 saturated heterocycles. The van der Waals surface area contributed by atoms with Crippen LogP contribution in [0.3, 0.4) is 0 Å². The number of benzene rings is 1. The van der Waals surface area contributed by atoms with Crippen molar-refractivity contribution in [2.24, 2.45) is 5.73 Å². The zero-order valence-electron chi connectivity index (χ0n) is 11.4. The van der Waals surface area contributed by atoms with E-state index in [9.17, 15) is 4.79 Å². The second-order valence-electron chi connectivity index (χ2n) is 4.99. The molecule has 1 aromatic carbocycles. The van der Waals surface area contributed by atoms with Crippen molar-refractivity contribution in [3.05, 3.63) is 29.8 Å². The molecule has 1 amide bonds. The number of ether oxygens (including phenoxy) is 1. The van der Waals surface area contributed by atoms with Crippen LogP contribution in [0.15, 0.2) is 24.3 Å². The van der Waals surface area contributed by atoms with Gasteiger partial charge in [0.2, 0.25) is 0 Å². The Labute approximate surface area is 114 Å². The van der Waals surface area contributed by atoms with Gasteiger partial charge in [0, 0.05) is 17.6 Å². The van der Waals surface area contributed by atoms with Crippen LogP contribution in [0.4, 0.5) is 0 Å². The lowest BCUT2D eigenvalue weighted by Crippen LogP contribution is -2.49. The van der Waals surface area contributed by atoms with Gasteiger partial charge in [0.05, 0.1) is 6.61 Å². The Morgan fingerprint density at radius 2 is 2.00 bits per heavy atom. The molecule has 2 rings (SSSR count). The highest BCUT2D eigenvalue weighted by Gasteiger charge is 2.23. The molecular formula is C15H22N2O2. The number of nitrogens with two attached hydrogens (primary N) is 1. The van der Waals surface area contributed by atoms with Gasteiger partial charge < -0.3 is 15.8 Å². The third kappa shape index (κ3) is 3.70. The first-order valence-electron chi connectivity index (χ1n) is 7.00. The molecule has 4 nitrogen and oxygen atoms in total. The summed E-state index contributed by atoms with van der Waals surface area (Å²) in [6, 6.07) is 7.40. The highest BCUT2D eigenvalue weighted by atomic mass is 16.5. The molecule has 1 aliphatic rings. The lowest BCUT2D eigenvalue weighted by molar-refractivity contribution is 0.0921. The number of carbonyl (C=O) groups excluding carboxylic acids is 1. The highest BCUT2D eigenvalue weighted by molar-refractivity contribution is 5.94. The largest absolute Gasteiger partial charge is 0.494 e. The van der Waals surface area contributed by atoms with E-state index >= 15 is 0 Å². The van der Waals surface area contributed by atoms with Gasteiger partial charge in [-0.2, -0.15) is 0 Å². The fraction of sp³-hybridized carbons (Fsp3) is 0.533. The van der Waals surface area contributed by atoms with Gasteiger partial charge in [-0.05, 0) is 44.0 Å². The summed E-state index contributed by atoms with van der Waals surface area (Å²) in [5.41, 5.74) is 6.69. The van der Waals surface area contributed by atoms with E-state index in [-0.39, 0.29) is 18.0 Å². The average Bonchev–Trinajstić information content (AvgIpc) is 2.42. The normalized spacial score (nSPS) is 22.8. The molecule has 0 radical (unpaired) electrons. The molecule has 19 heavy (non-hydrogen) atoms. The minimum Gasteiger partial charge on any atom is -0.494 e. The SMILES string of the molecule is CCOc1ccc(C(=O)N[C@H]2CCCC[C@H]2N)cc1. The average molecular weight is 262 g/mol. The summed E-state index contributed by atoms with van der Waals surface area (Å²) in [6.07, 6.45) is 4.27. The summed E-state index contributed by atoms with van der Waals surface area (Å²) >= 11 is 0. The molecule has 0 spiro atoms. The van der Waals surface area contributed by atoms with Crippen LogP contribution >= 0.6 is 0 Å². The summed E-state index contributed by atoms with van der Waals surface area (Å²) in [6.45, 7) is 2.56. The summed E-state index contributed by atoms with van der Waals surface area (Å²) in [4.78, 5) is 12.1. The summed E-state index contributed by atoms with van der Waals surface area (Å²) in [5.74, 6) is 0.735. The van der Waals surface area contributed by atoms with Crippen LogP contribution in [-0.2, 0) is 0 Å². The first-order chi connectivity index (χ1) is 9.20. The van der Waals surface area contributed by atoms with Crippen molar-refractivity contribution < 1.29 is 9.53 Å². The van der Waals surface area contributed by atoms with Crippen LogP contribution in [0, 0.1) is 0 Å². The molecule has 104 valence electrons. The van der Waals surface area contributed by atoms with Gasteiger partial charge in [-0.15, -0.1) is 0 Å². The van der Waals surface area contributed by atoms with Crippen LogP contribution in [0.5, 0.6) is 5.75 Å². The van der Waals surface area contributed by atoms with Gasteiger partial charge in [0.1, 0.15) is 5.75 Å². The van der Waals surface area contributed by atoms with Crippen LogP contribution in [0.2, 0.25) is 0 Å². The van der Waals surface area contributed by atoms with E-state index in [0.717, 1.165) is 31.4 Å². The summed E-state index contributed by atoms with van der Waals surface area (Å²) < 4.78 is 5.36. The smallest absolute Gasteiger partial charge is 0.251 e. The maximum Gasteiger partial charge on any atom is 0.251 e. The quantitative estimate of drug-likeness (QED) is 0.873. The third-order valence-corrected chi connectivity index (χ3v) is 3.56. The minimum absolute atomic E-state index is 0.0506. The zero-order valence-corrected chi connectivity index (χ0v) is 11.4. The predicted octanol–water partition coefficient (Wildman–Crippen LogP) is 2.08. The number of hydrogen-bond donors (Lipinski definition) is 2. The Morgan fingerprint density at radius 3 is 2.63 bits per heavy atom. The number of amides is 1. The van der Waals surface area contributed by atoms with Gasteiger partial charge in [-0.25, -0.2) is 0 Å². The van der Waals surface area contributed by atoms with Gasteiger partial charge in [-0.3, -0.25) is 4.79 Å². The summed E-state index contributed by atoms with van der Waals surface area (Å²) in [7, 11) is 0. The van der Waals surface area contributed by atoms with Crippen LogP contribution < -0.4 is 15.8 Å². The van der Waals surface area contributed by atoms with E-state index in [1.807, 2.05) is 19.1 Å². The highest BCUT2D eigenvalue weighted by Crippen LogP contribution is 2.18. The molecule has 0 aliphatic heterocycles. The molecule has 1 aliphatic carbocycles. The van der Waals surface area contributed by atoms with E-state index < -0.39 is 0 Å². The number of nitrogens with one attached hydrogen (secondary N) is 1. The Bertz CT molecular complexity index is 417. The van der Waals surface area contributed by atoms with Crippen molar-refractivity contribution in [3.63, 3.8) is 0 Å². The molecule has 0 bridgehead atoms. The Kier molecular flexibility index (Phi) is 4.80.